The Balaban J connectivity index is 1.28. The van der Waals surface area contributed by atoms with Gasteiger partial charge in [0.05, 0.1) is 6.54 Å². The molecular weight excluding hydrogens is 428 g/mol. The van der Waals surface area contributed by atoms with Crippen molar-refractivity contribution in [3.05, 3.63) is 65.2 Å². The molecule has 3 aromatic rings. The molecule has 2 aromatic carbocycles. The Kier molecular flexibility index (Phi) is 5.10. The van der Waals surface area contributed by atoms with E-state index in [-0.39, 0.29) is 18.4 Å². The Morgan fingerprint density at radius 1 is 1.19 bits per heavy atom. The summed E-state index contributed by atoms with van der Waals surface area (Å²) in [6.45, 7) is 0.718. The second-order valence-electron chi connectivity index (χ2n) is 7.72. The van der Waals surface area contributed by atoms with Crippen molar-refractivity contribution in [2.75, 3.05) is 18.0 Å². The summed E-state index contributed by atoms with van der Waals surface area (Å²) in [7, 11) is 0. The van der Waals surface area contributed by atoms with E-state index < -0.39 is 12.0 Å². The highest BCUT2D eigenvalue weighted by molar-refractivity contribution is 7.13. The lowest BCUT2D eigenvalue weighted by atomic mass is 10.1. The van der Waals surface area contributed by atoms with Gasteiger partial charge in [-0.1, -0.05) is 6.07 Å². The third-order valence-corrected chi connectivity index (χ3v) is 6.42. The van der Waals surface area contributed by atoms with Crippen LogP contribution in [-0.2, 0) is 16.1 Å². The first-order chi connectivity index (χ1) is 15.5. The Morgan fingerprint density at radius 3 is 2.72 bits per heavy atom. The van der Waals surface area contributed by atoms with Gasteiger partial charge in [0, 0.05) is 47.9 Å². The first kappa shape index (κ1) is 20.2. The quantitative estimate of drug-likeness (QED) is 0.624. The zero-order valence-electron chi connectivity index (χ0n) is 17.1. The molecule has 32 heavy (non-hydrogen) atoms. The number of nitrogens with two attached hydrogens (primary N) is 1. The molecule has 1 aromatic heterocycles. The van der Waals surface area contributed by atoms with Crippen LogP contribution in [-0.4, -0.2) is 46.8 Å². The van der Waals surface area contributed by atoms with Gasteiger partial charge in [0.1, 0.15) is 10.8 Å². The van der Waals surface area contributed by atoms with Crippen LogP contribution < -0.4 is 15.4 Å². The van der Waals surface area contributed by atoms with E-state index in [9.17, 15) is 14.4 Å². The Hall–Kier alpha value is -3.72. The summed E-state index contributed by atoms with van der Waals surface area (Å²) in [5.41, 5.74) is 8.19. The third kappa shape index (κ3) is 3.71. The fraction of sp³-hybridized carbons (Fsp3) is 0.217. The van der Waals surface area contributed by atoms with Crippen LogP contribution in [0.5, 0.6) is 5.75 Å². The lowest BCUT2D eigenvalue weighted by Crippen LogP contribution is -2.34. The van der Waals surface area contributed by atoms with Crippen LogP contribution in [0.4, 0.5) is 5.69 Å². The number of anilines is 1. The second-order valence-corrected chi connectivity index (χ2v) is 8.61. The number of benzene rings is 2. The number of carbonyl (C=O) groups is 3. The molecule has 2 aliphatic rings. The number of ether oxygens (including phenoxy) is 1. The van der Waals surface area contributed by atoms with Gasteiger partial charge in [0.25, 0.3) is 11.8 Å². The number of fused-ring (bicyclic) bond motifs is 1. The molecule has 0 aliphatic carbocycles. The van der Waals surface area contributed by atoms with Crippen molar-refractivity contribution >= 4 is 34.7 Å². The van der Waals surface area contributed by atoms with Gasteiger partial charge in [-0.05, 0) is 42.0 Å². The second kappa shape index (κ2) is 8.08. The summed E-state index contributed by atoms with van der Waals surface area (Å²) in [6, 6.07) is 12.9. The standard InChI is InChI=1S/C23H20N4O4S/c24-20(28)13-26-12-15-1-4-16(11-18(15)22(26)29)27-9-7-19(23(27)30)31-17-5-2-14(3-6-17)21-25-8-10-32-21/h1-6,8,10-11,19H,7,9,12-13H2,(H2,24,28)/t19-/m1/s1. The first-order valence-electron chi connectivity index (χ1n) is 10.2. The molecule has 0 spiro atoms. The highest BCUT2D eigenvalue weighted by atomic mass is 32.1. The van der Waals surface area contributed by atoms with Crippen molar-refractivity contribution in [3.63, 3.8) is 0 Å². The number of nitrogens with zero attached hydrogens (tertiary/aromatic N) is 3. The van der Waals surface area contributed by atoms with Gasteiger partial charge in [-0.25, -0.2) is 4.98 Å². The molecule has 1 atom stereocenters. The van der Waals surface area contributed by atoms with E-state index in [0.29, 0.717) is 36.5 Å². The largest absolute Gasteiger partial charge is 0.481 e. The molecule has 8 nitrogen and oxygen atoms in total. The lowest BCUT2D eigenvalue weighted by molar-refractivity contribution is -0.123. The van der Waals surface area contributed by atoms with Crippen LogP contribution in [0.1, 0.15) is 22.3 Å². The maximum Gasteiger partial charge on any atom is 0.268 e. The van der Waals surface area contributed by atoms with Crippen molar-refractivity contribution in [2.24, 2.45) is 5.73 Å². The highest BCUT2D eigenvalue weighted by Crippen LogP contribution is 2.31. The number of thiazole rings is 1. The number of rotatable bonds is 6. The monoisotopic (exact) mass is 448 g/mol. The molecule has 0 radical (unpaired) electrons. The fourth-order valence-electron chi connectivity index (χ4n) is 4.06. The molecular formula is C23H20N4O4S. The maximum atomic E-state index is 13.0. The summed E-state index contributed by atoms with van der Waals surface area (Å²) >= 11 is 1.56. The van der Waals surface area contributed by atoms with Crippen molar-refractivity contribution in [3.8, 4) is 16.3 Å². The van der Waals surface area contributed by atoms with E-state index >= 15 is 0 Å². The molecule has 3 heterocycles. The van der Waals surface area contributed by atoms with Crippen LogP contribution in [0.3, 0.4) is 0 Å². The third-order valence-electron chi connectivity index (χ3n) is 5.60. The number of primary amides is 1. The zero-order chi connectivity index (χ0) is 22.2. The van der Waals surface area contributed by atoms with E-state index in [1.54, 1.807) is 28.5 Å². The lowest BCUT2D eigenvalue weighted by Gasteiger charge is -2.18. The van der Waals surface area contributed by atoms with Crippen molar-refractivity contribution in [2.45, 2.75) is 19.1 Å². The van der Waals surface area contributed by atoms with E-state index in [2.05, 4.69) is 4.98 Å². The van der Waals surface area contributed by atoms with Crippen molar-refractivity contribution < 1.29 is 19.1 Å². The van der Waals surface area contributed by atoms with E-state index in [0.717, 1.165) is 16.1 Å². The predicted molar refractivity (Wildman–Crippen MR) is 119 cm³/mol. The van der Waals surface area contributed by atoms with Crippen LogP contribution in [0.2, 0.25) is 0 Å². The molecule has 162 valence electrons. The Morgan fingerprint density at radius 2 is 2.00 bits per heavy atom. The average molecular weight is 449 g/mol. The minimum atomic E-state index is -0.587. The number of aromatic nitrogens is 1. The smallest absolute Gasteiger partial charge is 0.268 e. The van der Waals surface area contributed by atoms with Crippen molar-refractivity contribution in [1.29, 1.82) is 0 Å². The summed E-state index contributed by atoms with van der Waals surface area (Å²) in [5.74, 6) is -0.327. The molecule has 0 unspecified atom stereocenters. The van der Waals surface area contributed by atoms with Crippen LogP contribution in [0, 0.1) is 0 Å². The van der Waals surface area contributed by atoms with Gasteiger partial charge in [-0.15, -0.1) is 11.3 Å². The molecule has 2 N–H and O–H groups in total. The van der Waals surface area contributed by atoms with Gasteiger partial charge in [0.2, 0.25) is 5.91 Å². The summed E-state index contributed by atoms with van der Waals surface area (Å²) in [5, 5.41) is 2.85. The van der Waals surface area contributed by atoms with Gasteiger partial charge in [-0.3, -0.25) is 14.4 Å². The van der Waals surface area contributed by atoms with Gasteiger partial charge in [-0.2, -0.15) is 0 Å². The number of carbonyl (C=O) groups excluding carboxylic acids is 3. The van der Waals surface area contributed by atoms with Crippen LogP contribution in [0.25, 0.3) is 10.6 Å². The fourth-order valence-corrected chi connectivity index (χ4v) is 4.70. The first-order valence-corrected chi connectivity index (χ1v) is 11.1. The number of amides is 3. The molecule has 0 bridgehead atoms. The Bertz CT molecular complexity index is 1190. The maximum absolute atomic E-state index is 13.0. The molecule has 0 saturated carbocycles. The number of hydrogen-bond donors (Lipinski definition) is 1. The molecule has 1 saturated heterocycles. The zero-order valence-corrected chi connectivity index (χ0v) is 17.9. The normalized spacial score (nSPS) is 17.7. The minimum absolute atomic E-state index is 0.122. The Labute approximate surface area is 188 Å². The average Bonchev–Trinajstić information content (AvgIpc) is 3.50. The summed E-state index contributed by atoms with van der Waals surface area (Å²) in [4.78, 5) is 44.1. The van der Waals surface area contributed by atoms with Crippen LogP contribution in [0.15, 0.2) is 54.0 Å². The topological polar surface area (TPSA) is 106 Å². The summed E-state index contributed by atoms with van der Waals surface area (Å²) < 4.78 is 5.95. The van der Waals surface area contributed by atoms with E-state index in [1.165, 1.54) is 4.90 Å². The van der Waals surface area contributed by atoms with Crippen molar-refractivity contribution in [1.82, 2.24) is 9.88 Å². The predicted octanol–water partition coefficient (Wildman–Crippen LogP) is 2.44. The highest BCUT2D eigenvalue weighted by Gasteiger charge is 2.36. The van der Waals surface area contributed by atoms with Gasteiger partial charge in [0.15, 0.2) is 6.10 Å². The summed E-state index contributed by atoms with van der Waals surface area (Å²) in [6.07, 6.45) is 1.72. The molecule has 1 fully saturated rings. The molecule has 3 amide bonds. The van der Waals surface area contributed by atoms with Gasteiger partial charge < -0.3 is 20.3 Å². The minimum Gasteiger partial charge on any atom is -0.481 e. The van der Waals surface area contributed by atoms with Crippen LogP contribution >= 0.6 is 11.3 Å². The van der Waals surface area contributed by atoms with E-state index in [4.69, 9.17) is 10.5 Å². The SMILES string of the molecule is NC(=O)CN1Cc2ccc(N3CC[C@@H](Oc4ccc(-c5nccs5)cc4)C3=O)cc2C1=O. The molecule has 2 aliphatic heterocycles. The number of hydrogen-bond acceptors (Lipinski definition) is 6. The molecule has 9 heteroatoms. The van der Waals surface area contributed by atoms with Gasteiger partial charge >= 0.3 is 0 Å². The molecule has 5 rings (SSSR count). The van der Waals surface area contributed by atoms with E-state index in [1.807, 2.05) is 41.8 Å².